The molecule has 0 amide bonds. The van der Waals surface area contributed by atoms with Crippen molar-refractivity contribution in [2.75, 3.05) is 0 Å². The van der Waals surface area contributed by atoms with E-state index in [1.54, 1.807) is 36.7 Å². The Morgan fingerprint density at radius 1 is 0.870 bits per heavy atom. The van der Waals surface area contributed by atoms with Crippen molar-refractivity contribution in [1.29, 1.82) is 0 Å². The van der Waals surface area contributed by atoms with Crippen molar-refractivity contribution in [3.63, 3.8) is 0 Å². The molecular weight excluding hydrogens is 308 g/mol. The first-order valence-electron chi connectivity index (χ1n) is 7.24. The third kappa shape index (κ3) is 2.04. The molecule has 0 bridgehead atoms. The second-order valence-corrected chi connectivity index (χ2v) is 7.28. The molecule has 0 aliphatic carbocycles. The maximum absolute atomic E-state index is 13.2. The number of hydrogen-bond donors (Lipinski definition) is 0. The molecule has 2 heterocycles. The maximum atomic E-state index is 13.2. The molecule has 5 heteroatoms. The van der Waals surface area contributed by atoms with E-state index >= 15 is 0 Å². The van der Waals surface area contributed by atoms with Gasteiger partial charge in [-0.3, -0.25) is 4.98 Å². The summed E-state index contributed by atoms with van der Waals surface area (Å²) in [7, 11) is -3.69. The standard InChI is InChI=1S/C18H14N2O2S/c1-13-6-8-14(9-7-13)23(21,22)20-17-5-3-2-4-15(17)16-10-11-19-12-18(16)20/h2-12H,1H3. The van der Waals surface area contributed by atoms with Crippen molar-refractivity contribution in [2.45, 2.75) is 11.8 Å². The first kappa shape index (κ1) is 14.0. The zero-order valence-electron chi connectivity index (χ0n) is 12.5. The zero-order chi connectivity index (χ0) is 16.0. The van der Waals surface area contributed by atoms with Crippen molar-refractivity contribution in [3.05, 3.63) is 72.6 Å². The van der Waals surface area contributed by atoms with Crippen LogP contribution in [-0.4, -0.2) is 17.4 Å². The van der Waals surface area contributed by atoms with E-state index < -0.39 is 10.0 Å². The summed E-state index contributed by atoms with van der Waals surface area (Å²) in [5.74, 6) is 0. The lowest BCUT2D eigenvalue weighted by Crippen LogP contribution is -2.12. The molecule has 23 heavy (non-hydrogen) atoms. The summed E-state index contributed by atoms with van der Waals surface area (Å²) < 4.78 is 27.7. The summed E-state index contributed by atoms with van der Waals surface area (Å²) in [6.45, 7) is 1.93. The first-order valence-corrected chi connectivity index (χ1v) is 8.68. The largest absolute Gasteiger partial charge is 0.268 e. The van der Waals surface area contributed by atoms with Gasteiger partial charge in [-0.25, -0.2) is 12.4 Å². The van der Waals surface area contributed by atoms with Crippen molar-refractivity contribution in [3.8, 4) is 0 Å². The minimum atomic E-state index is -3.69. The second kappa shape index (κ2) is 4.93. The lowest BCUT2D eigenvalue weighted by molar-refractivity contribution is 0.590. The van der Waals surface area contributed by atoms with Gasteiger partial charge in [-0.15, -0.1) is 0 Å². The summed E-state index contributed by atoms with van der Waals surface area (Å²) in [6.07, 6.45) is 3.28. The normalized spacial score (nSPS) is 12.0. The Kier molecular flexibility index (Phi) is 2.99. The number of nitrogens with zero attached hydrogens (tertiary/aromatic N) is 2. The van der Waals surface area contributed by atoms with Crippen LogP contribution in [0.5, 0.6) is 0 Å². The number of rotatable bonds is 2. The first-order chi connectivity index (χ1) is 11.1. The maximum Gasteiger partial charge on any atom is 0.268 e. The van der Waals surface area contributed by atoms with Gasteiger partial charge < -0.3 is 0 Å². The highest BCUT2D eigenvalue weighted by atomic mass is 32.2. The number of aromatic nitrogens is 2. The fourth-order valence-electron chi connectivity index (χ4n) is 2.86. The fraction of sp³-hybridized carbons (Fsp3) is 0.0556. The Bertz CT molecular complexity index is 1070. The monoisotopic (exact) mass is 322 g/mol. The molecule has 0 spiro atoms. The lowest BCUT2D eigenvalue weighted by atomic mass is 10.2. The quantitative estimate of drug-likeness (QED) is 0.565. The van der Waals surface area contributed by atoms with E-state index in [4.69, 9.17) is 0 Å². The molecule has 0 fully saturated rings. The third-order valence-electron chi connectivity index (χ3n) is 3.99. The van der Waals surface area contributed by atoms with Crippen LogP contribution in [0.25, 0.3) is 21.8 Å². The van der Waals surface area contributed by atoms with Gasteiger partial charge in [0.15, 0.2) is 0 Å². The Balaban J connectivity index is 2.13. The zero-order valence-corrected chi connectivity index (χ0v) is 13.3. The highest BCUT2D eigenvalue weighted by Crippen LogP contribution is 2.31. The van der Waals surface area contributed by atoms with E-state index in [1.807, 2.05) is 37.3 Å². The molecule has 4 aromatic rings. The van der Waals surface area contributed by atoms with Gasteiger partial charge in [-0.05, 0) is 31.2 Å². The van der Waals surface area contributed by atoms with Gasteiger partial charge in [0.2, 0.25) is 0 Å². The summed E-state index contributed by atoms with van der Waals surface area (Å²) >= 11 is 0. The van der Waals surface area contributed by atoms with Crippen LogP contribution in [0.15, 0.2) is 71.9 Å². The molecule has 0 N–H and O–H groups in total. The smallest absolute Gasteiger partial charge is 0.262 e. The number of para-hydroxylation sites is 1. The van der Waals surface area contributed by atoms with Gasteiger partial charge in [0.25, 0.3) is 10.0 Å². The van der Waals surface area contributed by atoms with Gasteiger partial charge in [0.1, 0.15) is 0 Å². The Hall–Kier alpha value is -2.66. The molecule has 4 rings (SSSR count). The summed E-state index contributed by atoms with van der Waals surface area (Å²) in [5.41, 5.74) is 2.28. The Morgan fingerprint density at radius 3 is 2.35 bits per heavy atom. The van der Waals surface area contributed by atoms with Crippen LogP contribution in [-0.2, 0) is 10.0 Å². The fourth-order valence-corrected chi connectivity index (χ4v) is 4.37. The lowest BCUT2D eigenvalue weighted by Gasteiger charge is -2.09. The highest BCUT2D eigenvalue weighted by molar-refractivity contribution is 7.90. The number of aryl methyl sites for hydroxylation is 1. The number of pyridine rings is 1. The van der Waals surface area contributed by atoms with Crippen molar-refractivity contribution < 1.29 is 8.42 Å². The minimum absolute atomic E-state index is 0.273. The summed E-state index contributed by atoms with van der Waals surface area (Å²) in [4.78, 5) is 4.38. The molecule has 2 aromatic heterocycles. The molecule has 0 aliphatic rings. The van der Waals surface area contributed by atoms with E-state index in [9.17, 15) is 8.42 Å². The van der Waals surface area contributed by atoms with Crippen LogP contribution in [0.3, 0.4) is 0 Å². The number of fused-ring (bicyclic) bond motifs is 3. The molecule has 0 unspecified atom stereocenters. The van der Waals surface area contributed by atoms with Crippen LogP contribution in [0.4, 0.5) is 0 Å². The molecule has 0 saturated carbocycles. The molecule has 0 radical (unpaired) electrons. The molecule has 114 valence electrons. The Morgan fingerprint density at radius 2 is 1.57 bits per heavy atom. The SMILES string of the molecule is Cc1ccc(S(=O)(=O)n2c3ccccc3c3ccncc32)cc1. The van der Waals surface area contributed by atoms with Crippen molar-refractivity contribution >= 4 is 31.8 Å². The summed E-state index contributed by atoms with van der Waals surface area (Å²) in [5, 5.41) is 1.78. The highest BCUT2D eigenvalue weighted by Gasteiger charge is 2.22. The van der Waals surface area contributed by atoms with Gasteiger partial charge in [-0.2, -0.15) is 0 Å². The molecule has 0 aliphatic heterocycles. The van der Waals surface area contributed by atoms with Gasteiger partial charge in [0.05, 0.1) is 22.1 Å². The van der Waals surface area contributed by atoms with Crippen LogP contribution in [0, 0.1) is 6.92 Å². The van der Waals surface area contributed by atoms with Crippen LogP contribution in [0.2, 0.25) is 0 Å². The van der Waals surface area contributed by atoms with Gasteiger partial charge in [0, 0.05) is 17.0 Å². The average molecular weight is 322 g/mol. The van der Waals surface area contributed by atoms with Gasteiger partial charge in [-0.1, -0.05) is 35.9 Å². The predicted molar refractivity (Wildman–Crippen MR) is 91.0 cm³/mol. The van der Waals surface area contributed by atoms with Crippen LogP contribution < -0.4 is 0 Å². The van der Waals surface area contributed by atoms with E-state index in [1.165, 1.54) is 3.97 Å². The average Bonchev–Trinajstić information content (AvgIpc) is 2.90. The van der Waals surface area contributed by atoms with E-state index in [-0.39, 0.29) is 4.90 Å². The topological polar surface area (TPSA) is 52.0 Å². The Labute approximate surface area is 134 Å². The van der Waals surface area contributed by atoms with Crippen molar-refractivity contribution in [2.24, 2.45) is 0 Å². The summed E-state index contributed by atoms with van der Waals surface area (Å²) in [6, 6.07) is 16.2. The third-order valence-corrected chi connectivity index (χ3v) is 5.73. The molecule has 2 aromatic carbocycles. The number of benzene rings is 2. The van der Waals surface area contributed by atoms with Gasteiger partial charge >= 0.3 is 0 Å². The van der Waals surface area contributed by atoms with Crippen molar-refractivity contribution in [1.82, 2.24) is 8.96 Å². The van der Waals surface area contributed by atoms with E-state index in [0.29, 0.717) is 11.0 Å². The molecule has 0 saturated heterocycles. The number of hydrogen-bond acceptors (Lipinski definition) is 3. The predicted octanol–water partition coefficient (Wildman–Crippen LogP) is 3.73. The minimum Gasteiger partial charge on any atom is -0.262 e. The molecule has 4 nitrogen and oxygen atoms in total. The second-order valence-electron chi connectivity index (χ2n) is 5.49. The van der Waals surface area contributed by atoms with E-state index in [2.05, 4.69) is 4.98 Å². The van der Waals surface area contributed by atoms with Crippen LogP contribution in [0.1, 0.15) is 5.56 Å². The van der Waals surface area contributed by atoms with Crippen LogP contribution >= 0.6 is 0 Å². The molecular formula is C18H14N2O2S. The molecule has 0 atom stereocenters. The van der Waals surface area contributed by atoms with E-state index in [0.717, 1.165) is 16.3 Å².